The van der Waals surface area contributed by atoms with Crippen LogP contribution >= 0.6 is 0 Å². The number of hydrogen-bond donors (Lipinski definition) is 2. The number of para-hydroxylation sites is 1. The molecule has 3 N–H and O–H groups in total. The summed E-state index contributed by atoms with van der Waals surface area (Å²) in [5.41, 5.74) is 6.21. The van der Waals surface area contributed by atoms with E-state index >= 15 is 0 Å². The maximum Gasteiger partial charge on any atom is 0.226 e. The number of carbonyl (C=O) groups excluding carboxylic acids is 1. The zero-order valence-electron chi connectivity index (χ0n) is 8.40. The highest BCUT2D eigenvalue weighted by Gasteiger charge is 2.36. The molecule has 4 heteroatoms. The number of ether oxygens (including phenoxy) is 1. The summed E-state index contributed by atoms with van der Waals surface area (Å²) in [6, 6.07) is 9.34. The molecule has 0 aromatic heterocycles. The Morgan fingerprint density at radius 1 is 1.40 bits per heavy atom. The topological polar surface area (TPSA) is 64.4 Å². The lowest BCUT2D eigenvalue weighted by Crippen LogP contribution is -2.58. The predicted octanol–water partition coefficient (Wildman–Crippen LogP) is 0.743. The Balaban J connectivity index is 1.87. The molecule has 0 radical (unpaired) electrons. The fourth-order valence-electron chi connectivity index (χ4n) is 1.51. The highest BCUT2D eigenvalue weighted by atomic mass is 16.5. The lowest BCUT2D eigenvalue weighted by atomic mass is 9.94. The first-order chi connectivity index (χ1) is 7.18. The van der Waals surface area contributed by atoms with Crippen molar-refractivity contribution in [3.05, 3.63) is 30.3 Å². The summed E-state index contributed by atoms with van der Waals surface area (Å²) in [6.45, 7) is 0.935. The highest BCUT2D eigenvalue weighted by molar-refractivity contribution is 5.91. The maximum atomic E-state index is 11.6. The Bertz CT molecular complexity index is 347. The number of anilines is 1. The zero-order valence-corrected chi connectivity index (χ0v) is 8.40. The van der Waals surface area contributed by atoms with Crippen LogP contribution in [0, 0.1) is 0 Å². The molecule has 0 atom stereocenters. The van der Waals surface area contributed by atoms with Gasteiger partial charge in [0, 0.05) is 12.1 Å². The quantitative estimate of drug-likeness (QED) is 0.766. The lowest BCUT2D eigenvalue weighted by molar-refractivity contribution is -0.123. The Morgan fingerprint density at radius 3 is 2.60 bits per heavy atom. The molecule has 0 aliphatic carbocycles. The van der Waals surface area contributed by atoms with Crippen molar-refractivity contribution in [1.29, 1.82) is 0 Å². The molecule has 0 spiro atoms. The van der Waals surface area contributed by atoms with E-state index in [0.29, 0.717) is 19.6 Å². The van der Waals surface area contributed by atoms with Gasteiger partial charge < -0.3 is 15.8 Å². The van der Waals surface area contributed by atoms with Crippen LogP contribution in [0.25, 0.3) is 0 Å². The monoisotopic (exact) mass is 206 g/mol. The molecular formula is C11H14N2O2. The van der Waals surface area contributed by atoms with Crippen molar-refractivity contribution in [2.45, 2.75) is 12.0 Å². The fraction of sp³-hybridized carbons (Fsp3) is 0.364. The second-order valence-electron chi connectivity index (χ2n) is 3.95. The van der Waals surface area contributed by atoms with Gasteiger partial charge in [0.2, 0.25) is 5.91 Å². The Hall–Kier alpha value is -1.39. The fourth-order valence-corrected chi connectivity index (χ4v) is 1.51. The highest BCUT2D eigenvalue weighted by Crippen LogP contribution is 2.18. The Labute approximate surface area is 88.4 Å². The van der Waals surface area contributed by atoms with E-state index in [4.69, 9.17) is 10.5 Å². The molecule has 1 heterocycles. The molecular weight excluding hydrogens is 192 g/mol. The molecule has 1 saturated heterocycles. The van der Waals surface area contributed by atoms with E-state index in [9.17, 15) is 4.79 Å². The molecule has 2 rings (SSSR count). The van der Waals surface area contributed by atoms with Crippen LogP contribution in [0.3, 0.4) is 0 Å². The summed E-state index contributed by atoms with van der Waals surface area (Å²) in [5.74, 6) is -0.0630. The van der Waals surface area contributed by atoms with E-state index in [0.717, 1.165) is 5.69 Å². The number of nitrogens with two attached hydrogens (primary N) is 1. The zero-order chi connectivity index (χ0) is 10.7. The van der Waals surface area contributed by atoms with E-state index < -0.39 is 5.54 Å². The van der Waals surface area contributed by atoms with Crippen LogP contribution in [0.15, 0.2) is 30.3 Å². The minimum atomic E-state index is -0.459. The maximum absolute atomic E-state index is 11.6. The molecule has 1 aliphatic heterocycles. The van der Waals surface area contributed by atoms with Crippen LogP contribution in [-0.2, 0) is 9.53 Å². The van der Waals surface area contributed by atoms with Crippen molar-refractivity contribution in [3.63, 3.8) is 0 Å². The molecule has 1 aliphatic rings. The van der Waals surface area contributed by atoms with E-state index in [1.54, 1.807) is 0 Å². The second kappa shape index (κ2) is 4.00. The number of benzene rings is 1. The average Bonchev–Trinajstić information content (AvgIpc) is 2.16. The molecule has 0 unspecified atom stereocenters. The predicted molar refractivity (Wildman–Crippen MR) is 57.4 cm³/mol. The van der Waals surface area contributed by atoms with Gasteiger partial charge in [-0.2, -0.15) is 0 Å². The third-order valence-electron chi connectivity index (χ3n) is 2.35. The lowest BCUT2D eigenvalue weighted by Gasteiger charge is -2.37. The standard InChI is InChI=1S/C11H14N2O2/c12-11(7-15-8-11)6-10(14)13-9-4-2-1-3-5-9/h1-5H,6-8,12H2,(H,13,14). The van der Waals surface area contributed by atoms with Gasteiger partial charge in [0.1, 0.15) is 0 Å². The van der Waals surface area contributed by atoms with E-state index in [2.05, 4.69) is 5.32 Å². The van der Waals surface area contributed by atoms with Crippen LogP contribution in [0.5, 0.6) is 0 Å². The summed E-state index contributed by atoms with van der Waals surface area (Å²) in [4.78, 5) is 11.6. The molecule has 1 amide bonds. The van der Waals surface area contributed by atoms with Crippen LogP contribution in [0.2, 0.25) is 0 Å². The van der Waals surface area contributed by atoms with Gasteiger partial charge in [0.05, 0.1) is 18.8 Å². The molecule has 1 aromatic carbocycles. The number of hydrogen-bond acceptors (Lipinski definition) is 3. The van der Waals surface area contributed by atoms with Crippen LogP contribution in [-0.4, -0.2) is 24.7 Å². The normalized spacial score (nSPS) is 17.9. The first-order valence-electron chi connectivity index (χ1n) is 4.90. The van der Waals surface area contributed by atoms with Crippen LogP contribution in [0.4, 0.5) is 5.69 Å². The van der Waals surface area contributed by atoms with Crippen molar-refractivity contribution >= 4 is 11.6 Å². The summed E-state index contributed by atoms with van der Waals surface area (Å²) in [6.07, 6.45) is 0.307. The van der Waals surface area contributed by atoms with E-state index in [1.165, 1.54) is 0 Å². The van der Waals surface area contributed by atoms with Crippen molar-refractivity contribution in [2.75, 3.05) is 18.5 Å². The van der Waals surface area contributed by atoms with E-state index in [-0.39, 0.29) is 5.91 Å². The minimum absolute atomic E-state index is 0.0630. The van der Waals surface area contributed by atoms with Crippen molar-refractivity contribution < 1.29 is 9.53 Å². The van der Waals surface area contributed by atoms with Gasteiger partial charge in [-0.05, 0) is 12.1 Å². The van der Waals surface area contributed by atoms with Gasteiger partial charge >= 0.3 is 0 Å². The molecule has 80 valence electrons. The van der Waals surface area contributed by atoms with Gasteiger partial charge in [-0.3, -0.25) is 4.79 Å². The van der Waals surface area contributed by atoms with Gasteiger partial charge in [-0.1, -0.05) is 18.2 Å². The van der Waals surface area contributed by atoms with Gasteiger partial charge in [0.25, 0.3) is 0 Å². The largest absolute Gasteiger partial charge is 0.377 e. The molecule has 0 bridgehead atoms. The SMILES string of the molecule is NC1(CC(=O)Nc2ccccc2)COC1. The number of rotatable bonds is 3. The number of carbonyl (C=O) groups is 1. The first kappa shape index (κ1) is 10.1. The summed E-state index contributed by atoms with van der Waals surface area (Å²) in [7, 11) is 0. The molecule has 1 fully saturated rings. The van der Waals surface area contributed by atoms with Gasteiger partial charge in [-0.15, -0.1) is 0 Å². The summed E-state index contributed by atoms with van der Waals surface area (Å²) in [5, 5.41) is 2.79. The van der Waals surface area contributed by atoms with E-state index in [1.807, 2.05) is 30.3 Å². The second-order valence-corrected chi connectivity index (χ2v) is 3.95. The molecule has 0 saturated carbocycles. The molecule has 4 nitrogen and oxygen atoms in total. The number of amides is 1. The van der Waals surface area contributed by atoms with Gasteiger partial charge in [-0.25, -0.2) is 0 Å². The number of nitrogens with one attached hydrogen (secondary N) is 1. The Kier molecular flexibility index (Phi) is 2.70. The van der Waals surface area contributed by atoms with Gasteiger partial charge in [0.15, 0.2) is 0 Å². The third-order valence-corrected chi connectivity index (χ3v) is 2.35. The van der Waals surface area contributed by atoms with Crippen molar-refractivity contribution in [2.24, 2.45) is 5.73 Å². The van der Waals surface area contributed by atoms with Crippen LogP contribution < -0.4 is 11.1 Å². The van der Waals surface area contributed by atoms with Crippen LogP contribution in [0.1, 0.15) is 6.42 Å². The molecule has 15 heavy (non-hydrogen) atoms. The average molecular weight is 206 g/mol. The first-order valence-corrected chi connectivity index (χ1v) is 4.90. The Morgan fingerprint density at radius 2 is 2.07 bits per heavy atom. The minimum Gasteiger partial charge on any atom is -0.377 e. The summed E-state index contributed by atoms with van der Waals surface area (Å²) < 4.78 is 4.98. The van der Waals surface area contributed by atoms with Crippen molar-refractivity contribution in [3.8, 4) is 0 Å². The molecule has 1 aromatic rings. The smallest absolute Gasteiger partial charge is 0.226 e. The summed E-state index contributed by atoms with van der Waals surface area (Å²) >= 11 is 0. The van der Waals surface area contributed by atoms with Crippen molar-refractivity contribution in [1.82, 2.24) is 0 Å². The third kappa shape index (κ3) is 2.55.